The monoisotopic (exact) mass is 357 g/mol. The molecule has 0 aromatic heterocycles. The SMILES string of the molecule is CN1CCN(C(=O)CNC(=O)/C=C/c2ccc(OCC3CC3)cc2)CC1. The molecule has 6 heteroatoms. The topological polar surface area (TPSA) is 61.9 Å². The summed E-state index contributed by atoms with van der Waals surface area (Å²) in [5, 5.41) is 2.66. The normalized spacial score (nSPS) is 18.1. The molecular formula is C20H27N3O3. The van der Waals surface area contributed by atoms with E-state index in [9.17, 15) is 9.59 Å². The Labute approximate surface area is 154 Å². The van der Waals surface area contributed by atoms with Gasteiger partial charge in [-0.1, -0.05) is 12.1 Å². The Bertz CT molecular complexity index is 645. The number of rotatable bonds is 7. The van der Waals surface area contributed by atoms with E-state index in [1.807, 2.05) is 31.3 Å². The number of hydrogen-bond acceptors (Lipinski definition) is 4. The molecule has 2 amide bonds. The molecule has 1 heterocycles. The zero-order valence-electron chi connectivity index (χ0n) is 15.3. The summed E-state index contributed by atoms with van der Waals surface area (Å²) >= 11 is 0. The number of amides is 2. The Balaban J connectivity index is 1.38. The van der Waals surface area contributed by atoms with Crippen molar-refractivity contribution in [3.8, 4) is 5.75 Å². The van der Waals surface area contributed by atoms with Gasteiger partial charge in [0.05, 0.1) is 13.2 Å². The first kappa shape index (κ1) is 18.5. The fraction of sp³-hybridized carbons (Fsp3) is 0.500. The van der Waals surface area contributed by atoms with Crippen LogP contribution in [0.2, 0.25) is 0 Å². The number of nitrogens with one attached hydrogen (secondary N) is 1. The van der Waals surface area contributed by atoms with Crippen LogP contribution in [0.3, 0.4) is 0 Å². The van der Waals surface area contributed by atoms with Gasteiger partial charge in [-0.25, -0.2) is 0 Å². The van der Waals surface area contributed by atoms with Gasteiger partial charge in [0.25, 0.3) is 0 Å². The van der Waals surface area contributed by atoms with Gasteiger partial charge in [0, 0.05) is 32.3 Å². The smallest absolute Gasteiger partial charge is 0.244 e. The van der Waals surface area contributed by atoms with Gasteiger partial charge in [-0.2, -0.15) is 0 Å². The molecule has 0 unspecified atom stereocenters. The number of carbonyl (C=O) groups excluding carboxylic acids is 2. The third-order valence-electron chi connectivity index (χ3n) is 4.76. The zero-order valence-corrected chi connectivity index (χ0v) is 15.3. The van der Waals surface area contributed by atoms with E-state index < -0.39 is 0 Å². The van der Waals surface area contributed by atoms with Gasteiger partial charge in [0.15, 0.2) is 0 Å². The first-order valence-electron chi connectivity index (χ1n) is 9.25. The lowest BCUT2D eigenvalue weighted by Crippen LogP contribution is -2.49. The standard InChI is InChI=1S/C20H27N3O3/c1-22-10-12-23(13-11-22)20(25)14-21-19(24)9-6-16-4-7-18(8-5-16)26-15-17-2-3-17/h4-9,17H,2-3,10-15H2,1H3,(H,21,24)/b9-6+. The molecule has 2 aliphatic rings. The van der Waals surface area contributed by atoms with E-state index in [1.54, 1.807) is 11.0 Å². The van der Waals surface area contributed by atoms with Crippen molar-refractivity contribution in [3.63, 3.8) is 0 Å². The molecule has 0 spiro atoms. The van der Waals surface area contributed by atoms with Gasteiger partial charge in [-0.3, -0.25) is 9.59 Å². The van der Waals surface area contributed by atoms with E-state index in [0.29, 0.717) is 0 Å². The van der Waals surface area contributed by atoms with Gasteiger partial charge in [-0.05, 0) is 49.6 Å². The Morgan fingerprint density at radius 2 is 1.85 bits per heavy atom. The molecule has 1 saturated carbocycles. The molecule has 3 rings (SSSR count). The lowest BCUT2D eigenvalue weighted by molar-refractivity contribution is -0.133. The number of hydrogen-bond donors (Lipinski definition) is 1. The summed E-state index contributed by atoms with van der Waals surface area (Å²) in [5.41, 5.74) is 0.921. The summed E-state index contributed by atoms with van der Waals surface area (Å²) in [4.78, 5) is 28.0. The fourth-order valence-corrected chi connectivity index (χ4v) is 2.73. The molecule has 6 nitrogen and oxygen atoms in total. The van der Waals surface area contributed by atoms with E-state index in [4.69, 9.17) is 4.74 Å². The third kappa shape index (κ3) is 5.88. The van der Waals surface area contributed by atoms with Gasteiger partial charge >= 0.3 is 0 Å². The molecule has 140 valence electrons. The third-order valence-corrected chi connectivity index (χ3v) is 4.76. The van der Waals surface area contributed by atoms with Crippen molar-refractivity contribution in [2.45, 2.75) is 12.8 Å². The van der Waals surface area contributed by atoms with E-state index in [-0.39, 0.29) is 18.4 Å². The molecule has 1 aromatic carbocycles. The largest absolute Gasteiger partial charge is 0.493 e. The summed E-state index contributed by atoms with van der Waals surface area (Å²) in [7, 11) is 2.04. The van der Waals surface area contributed by atoms with Crippen molar-refractivity contribution in [3.05, 3.63) is 35.9 Å². The van der Waals surface area contributed by atoms with Gasteiger partial charge in [0.2, 0.25) is 11.8 Å². The molecule has 1 saturated heterocycles. The van der Waals surface area contributed by atoms with E-state index in [0.717, 1.165) is 50.0 Å². The first-order valence-corrected chi connectivity index (χ1v) is 9.25. The minimum Gasteiger partial charge on any atom is -0.493 e. The van der Waals surface area contributed by atoms with Crippen LogP contribution in [0.1, 0.15) is 18.4 Å². The molecule has 0 atom stereocenters. The maximum absolute atomic E-state index is 12.1. The van der Waals surface area contributed by atoms with E-state index in [1.165, 1.54) is 18.9 Å². The second-order valence-electron chi connectivity index (χ2n) is 7.06. The van der Waals surface area contributed by atoms with Crippen LogP contribution in [0, 0.1) is 5.92 Å². The van der Waals surface area contributed by atoms with E-state index in [2.05, 4.69) is 10.2 Å². The van der Waals surface area contributed by atoms with Crippen molar-refractivity contribution in [1.82, 2.24) is 15.1 Å². The number of likely N-dealkylation sites (N-methyl/N-ethyl adjacent to an activating group) is 1. The van der Waals surface area contributed by atoms with Crippen molar-refractivity contribution in [2.75, 3.05) is 46.4 Å². The molecule has 1 aromatic rings. The van der Waals surface area contributed by atoms with Crippen molar-refractivity contribution >= 4 is 17.9 Å². The van der Waals surface area contributed by atoms with Crippen LogP contribution in [0.5, 0.6) is 5.75 Å². The van der Waals surface area contributed by atoms with Crippen LogP contribution in [0.15, 0.2) is 30.3 Å². The minimum absolute atomic E-state index is 0.0305. The molecule has 1 aliphatic heterocycles. The Hall–Kier alpha value is -2.34. The molecule has 2 fully saturated rings. The average molecular weight is 357 g/mol. The van der Waals surface area contributed by atoms with Crippen LogP contribution in [-0.4, -0.2) is 68.0 Å². The van der Waals surface area contributed by atoms with Gasteiger partial charge < -0.3 is 19.9 Å². The number of benzene rings is 1. The molecule has 1 N–H and O–H groups in total. The highest BCUT2D eigenvalue weighted by Crippen LogP contribution is 2.29. The fourth-order valence-electron chi connectivity index (χ4n) is 2.73. The van der Waals surface area contributed by atoms with Gasteiger partial charge in [0.1, 0.15) is 5.75 Å². The number of piperazine rings is 1. The predicted molar refractivity (Wildman–Crippen MR) is 101 cm³/mol. The zero-order chi connectivity index (χ0) is 18.4. The van der Waals surface area contributed by atoms with Crippen molar-refractivity contribution in [2.24, 2.45) is 5.92 Å². The van der Waals surface area contributed by atoms with Crippen LogP contribution in [0.25, 0.3) is 6.08 Å². The Kier molecular flexibility index (Phi) is 6.28. The second kappa shape index (κ2) is 8.85. The number of nitrogens with zero attached hydrogens (tertiary/aromatic N) is 2. The Morgan fingerprint density at radius 1 is 1.15 bits per heavy atom. The summed E-state index contributed by atoms with van der Waals surface area (Å²) in [5.74, 6) is 1.29. The second-order valence-corrected chi connectivity index (χ2v) is 7.06. The first-order chi connectivity index (χ1) is 12.6. The van der Waals surface area contributed by atoms with Crippen LogP contribution < -0.4 is 10.1 Å². The lowest BCUT2D eigenvalue weighted by atomic mass is 10.2. The average Bonchev–Trinajstić information content (AvgIpc) is 3.48. The summed E-state index contributed by atoms with van der Waals surface area (Å²) < 4.78 is 5.69. The summed E-state index contributed by atoms with van der Waals surface area (Å²) in [6.45, 7) is 4.02. The van der Waals surface area contributed by atoms with Crippen molar-refractivity contribution < 1.29 is 14.3 Å². The molecular weight excluding hydrogens is 330 g/mol. The highest BCUT2D eigenvalue weighted by molar-refractivity contribution is 5.94. The molecule has 0 radical (unpaired) electrons. The molecule has 26 heavy (non-hydrogen) atoms. The summed E-state index contributed by atoms with van der Waals surface area (Å²) in [6, 6.07) is 7.66. The van der Waals surface area contributed by atoms with Crippen LogP contribution in [0.4, 0.5) is 0 Å². The Morgan fingerprint density at radius 3 is 2.50 bits per heavy atom. The van der Waals surface area contributed by atoms with Crippen LogP contribution >= 0.6 is 0 Å². The van der Waals surface area contributed by atoms with E-state index >= 15 is 0 Å². The minimum atomic E-state index is -0.262. The maximum atomic E-state index is 12.1. The molecule has 0 bridgehead atoms. The van der Waals surface area contributed by atoms with Crippen LogP contribution in [-0.2, 0) is 9.59 Å². The van der Waals surface area contributed by atoms with Crippen molar-refractivity contribution in [1.29, 1.82) is 0 Å². The van der Waals surface area contributed by atoms with Gasteiger partial charge in [-0.15, -0.1) is 0 Å². The summed E-state index contributed by atoms with van der Waals surface area (Å²) in [6.07, 6.45) is 5.73. The lowest BCUT2D eigenvalue weighted by Gasteiger charge is -2.32. The number of ether oxygens (including phenoxy) is 1. The predicted octanol–water partition coefficient (Wildman–Crippen LogP) is 1.38. The number of carbonyl (C=O) groups is 2. The highest BCUT2D eigenvalue weighted by Gasteiger charge is 2.21. The maximum Gasteiger partial charge on any atom is 0.244 e. The quantitative estimate of drug-likeness (QED) is 0.749. The molecule has 1 aliphatic carbocycles. The highest BCUT2D eigenvalue weighted by atomic mass is 16.5.